The minimum absolute atomic E-state index is 0.132. The molecule has 4 aromatic rings. The number of carbonyl (C=O) groups excluding carboxylic acids is 3. The van der Waals surface area contributed by atoms with Gasteiger partial charge in [-0.15, -0.1) is 0 Å². The molecule has 0 aliphatic carbocycles. The highest BCUT2D eigenvalue weighted by atomic mass is 35.5. The number of benzene rings is 4. The first-order valence-corrected chi connectivity index (χ1v) is 13.9. The highest BCUT2D eigenvalue weighted by Gasteiger charge is 2.60. The van der Waals surface area contributed by atoms with Gasteiger partial charge in [0.2, 0.25) is 5.91 Å². The van der Waals surface area contributed by atoms with Crippen LogP contribution in [0.4, 0.5) is 17.1 Å². The van der Waals surface area contributed by atoms with Crippen molar-refractivity contribution < 1.29 is 33.6 Å². The molecule has 2 aliphatic rings. The third-order valence-electron chi connectivity index (χ3n) is 7.63. The number of hydroxylamine groups is 1. The number of rotatable bonds is 7. The summed E-state index contributed by atoms with van der Waals surface area (Å²) in [6.07, 6.45) is -1.23. The average molecular weight is 614 g/mol. The third kappa shape index (κ3) is 4.91. The molecule has 2 fully saturated rings. The van der Waals surface area contributed by atoms with Gasteiger partial charge in [0.1, 0.15) is 5.92 Å². The van der Waals surface area contributed by atoms with Crippen LogP contribution in [0.3, 0.4) is 0 Å². The maximum Gasteiger partial charge on any atom is 0.343 e. The summed E-state index contributed by atoms with van der Waals surface area (Å²) >= 11 is 6.31. The zero-order chi connectivity index (χ0) is 31.1. The van der Waals surface area contributed by atoms with Crippen LogP contribution in [0.5, 0.6) is 11.5 Å². The monoisotopic (exact) mass is 613 g/mol. The topological polar surface area (TPSA) is 129 Å². The first-order valence-electron chi connectivity index (χ1n) is 13.5. The second kappa shape index (κ2) is 11.4. The van der Waals surface area contributed by atoms with Gasteiger partial charge in [-0.2, -0.15) is 0 Å². The molecule has 6 rings (SSSR count). The van der Waals surface area contributed by atoms with E-state index in [-0.39, 0.29) is 22.9 Å². The second-order valence-electron chi connectivity index (χ2n) is 10.2. The molecule has 11 nitrogen and oxygen atoms in total. The van der Waals surface area contributed by atoms with Gasteiger partial charge in [-0.3, -0.25) is 24.5 Å². The molecule has 2 heterocycles. The van der Waals surface area contributed by atoms with Crippen LogP contribution >= 0.6 is 11.6 Å². The van der Waals surface area contributed by atoms with E-state index >= 15 is 0 Å². The lowest BCUT2D eigenvalue weighted by Crippen LogP contribution is -2.37. The maximum absolute atomic E-state index is 14.1. The van der Waals surface area contributed by atoms with Gasteiger partial charge in [-0.1, -0.05) is 48.0 Å². The number of methoxy groups -OCH3 is 1. The van der Waals surface area contributed by atoms with Crippen LogP contribution < -0.4 is 19.4 Å². The van der Waals surface area contributed by atoms with Crippen molar-refractivity contribution in [3.8, 4) is 11.5 Å². The highest BCUT2D eigenvalue weighted by molar-refractivity contribution is 6.32. The molecule has 2 amide bonds. The molecular weight excluding hydrogens is 590 g/mol. The van der Waals surface area contributed by atoms with Crippen molar-refractivity contribution in [3.63, 3.8) is 0 Å². The van der Waals surface area contributed by atoms with Crippen molar-refractivity contribution in [1.29, 1.82) is 0 Å². The Hall–Kier alpha value is -5.26. The van der Waals surface area contributed by atoms with E-state index in [0.717, 1.165) is 4.90 Å². The molecule has 44 heavy (non-hydrogen) atoms. The lowest BCUT2D eigenvalue weighted by Gasteiger charge is -2.29. The molecule has 0 spiro atoms. The maximum atomic E-state index is 14.1. The van der Waals surface area contributed by atoms with Crippen molar-refractivity contribution >= 4 is 46.4 Å². The fourth-order valence-corrected chi connectivity index (χ4v) is 5.65. The van der Waals surface area contributed by atoms with Crippen molar-refractivity contribution in [2.75, 3.05) is 17.1 Å². The Morgan fingerprint density at radius 3 is 2.41 bits per heavy atom. The molecule has 2 saturated heterocycles. The van der Waals surface area contributed by atoms with Crippen LogP contribution in [0.1, 0.15) is 27.5 Å². The summed E-state index contributed by atoms with van der Waals surface area (Å²) in [5, 5.41) is 13.3. The van der Waals surface area contributed by atoms with Gasteiger partial charge >= 0.3 is 5.97 Å². The van der Waals surface area contributed by atoms with E-state index < -0.39 is 40.8 Å². The van der Waals surface area contributed by atoms with Crippen molar-refractivity contribution in [2.24, 2.45) is 5.92 Å². The molecule has 0 unspecified atom stereocenters. The van der Waals surface area contributed by atoms with Crippen LogP contribution in [-0.2, 0) is 14.4 Å². The number of carbonyl (C=O) groups is 3. The molecular formula is C32H24ClN3O8. The molecule has 0 aromatic heterocycles. The minimum atomic E-state index is -1.23. The Morgan fingerprint density at radius 2 is 1.68 bits per heavy atom. The van der Waals surface area contributed by atoms with Crippen molar-refractivity contribution in [3.05, 3.63) is 123 Å². The van der Waals surface area contributed by atoms with Crippen LogP contribution in [0.25, 0.3) is 0 Å². The Bertz CT molecular complexity index is 1810. The number of anilines is 2. The average Bonchev–Trinajstić information content (AvgIpc) is 3.54. The van der Waals surface area contributed by atoms with E-state index in [4.69, 9.17) is 25.9 Å². The highest BCUT2D eigenvalue weighted by Crippen LogP contribution is 2.49. The fourth-order valence-electron chi connectivity index (χ4n) is 5.48. The number of nitro groups is 1. The molecule has 12 heteroatoms. The standard InChI is InChI=1S/C32H24ClN3O8/c1-18-23(33)12-7-13-24(18)34-30(37)27-28(35(44-29(27)31(34)38)21-10-6-11-22(17-21)36(40)41)20-14-15-25(26(16-20)42-2)43-32(39)19-8-4-3-5-9-19/h3-17,27-29H,1-2H3/t27-,28-,29-/m0/s1. The normalized spacial score (nSPS) is 19.2. The zero-order valence-corrected chi connectivity index (χ0v) is 24.1. The van der Waals surface area contributed by atoms with E-state index in [2.05, 4.69) is 0 Å². The van der Waals surface area contributed by atoms with Crippen molar-refractivity contribution in [1.82, 2.24) is 0 Å². The predicted octanol–water partition coefficient (Wildman–Crippen LogP) is 5.84. The Balaban J connectivity index is 1.42. The van der Waals surface area contributed by atoms with Gasteiger partial charge in [0.25, 0.3) is 11.6 Å². The SMILES string of the molecule is COc1cc([C@H]2[C@@H]3C(=O)N(c4cccc(Cl)c4C)C(=O)[C@H]3ON2c2cccc([N+](=O)[O-])c2)ccc1OC(=O)c1ccccc1. The van der Waals surface area contributed by atoms with Crippen LogP contribution in [0.15, 0.2) is 91.0 Å². The molecule has 0 saturated carbocycles. The molecule has 0 radical (unpaired) electrons. The van der Waals surface area contributed by atoms with Crippen LogP contribution in [0.2, 0.25) is 5.02 Å². The van der Waals surface area contributed by atoms with E-state index in [1.165, 1.54) is 36.4 Å². The minimum Gasteiger partial charge on any atom is -0.493 e. The second-order valence-corrected chi connectivity index (χ2v) is 10.6. The summed E-state index contributed by atoms with van der Waals surface area (Å²) in [6, 6.07) is 22.9. The molecule has 2 aliphatic heterocycles. The van der Waals surface area contributed by atoms with E-state index in [1.54, 1.807) is 73.7 Å². The number of esters is 1. The largest absolute Gasteiger partial charge is 0.493 e. The smallest absolute Gasteiger partial charge is 0.343 e. The number of nitro benzene ring substituents is 1. The number of hydrogen-bond acceptors (Lipinski definition) is 9. The Kier molecular flexibility index (Phi) is 7.50. The van der Waals surface area contributed by atoms with Gasteiger partial charge in [-0.25, -0.2) is 14.8 Å². The molecule has 0 bridgehead atoms. The quantitative estimate of drug-likeness (QED) is 0.0830. The number of nitrogens with zero attached hydrogens (tertiary/aromatic N) is 3. The predicted molar refractivity (Wildman–Crippen MR) is 160 cm³/mol. The number of amides is 2. The lowest BCUT2D eigenvalue weighted by atomic mass is 9.90. The summed E-state index contributed by atoms with van der Waals surface area (Å²) in [5.74, 6) is -2.43. The first kappa shape index (κ1) is 28.8. The molecule has 4 aromatic carbocycles. The van der Waals surface area contributed by atoms with Gasteiger partial charge in [0, 0.05) is 17.2 Å². The number of halogens is 1. The van der Waals surface area contributed by atoms with E-state index in [1.807, 2.05) is 0 Å². The summed E-state index contributed by atoms with van der Waals surface area (Å²) in [4.78, 5) is 58.8. The van der Waals surface area contributed by atoms with Gasteiger partial charge in [0.05, 0.1) is 35.0 Å². The van der Waals surface area contributed by atoms with Crippen LogP contribution in [-0.4, -0.2) is 35.9 Å². The first-order chi connectivity index (χ1) is 21.2. The molecule has 0 N–H and O–H groups in total. The van der Waals surface area contributed by atoms with E-state index in [0.29, 0.717) is 27.4 Å². The fraction of sp³-hybridized carbons (Fsp3) is 0.156. The lowest BCUT2D eigenvalue weighted by molar-refractivity contribution is -0.384. The number of ether oxygens (including phenoxy) is 2. The van der Waals surface area contributed by atoms with Crippen LogP contribution in [0, 0.1) is 23.0 Å². The number of imide groups is 1. The van der Waals surface area contributed by atoms with E-state index in [9.17, 15) is 24.5 Å². The van der Waals surface area contributed by atoms with Gasteiger partial charge in [-0.05, 0) is 60.5 Å². The summed E-state index contributed by atoms with van der Waals surface area (Å²) in [5.41, 5.74) is 1.78. The van der Waals surface area contributed by atoms with Gasteiger partial charge < -0.3 is 9.47 Å². The Labute approximate surface area is 256 Å². The summed E-state index contributed by atoms with van der Waals surface area (Å²) in [7, 11) is 1.40. The number of fused-ring (bicyclic) bond motifs is 1. The summed E-state index contributed by atoms with van der Waals surface area (Å²) in [6.45, 7) is 1.71. The number of non-ortho nitro benzene ring substituents is 1. The zero-order valence-electron chi connectivity index (χ0n) is 23.4. The van der Waals surface area contributed by atoms with Gasteiger partial charge in [0.15, 0.2) is 17.6 Å². The third-order valence-corrected chi connectivity index (χ3v) is 8.04. The number of hydrogen-bond donors (Lipinski definition) is 0. The molecule has 222 valence electrons. The molecule has 3 atom stereocenters. The Morgan fingerprint density at radius 1 is 0.932 bits per heavy atom. The van der Waals surface area contributed by atoms with Crippen molar-refractivity contribution in [2.45, 2.75) is 19.1 Å². The summed E-state index contributed by atoms with van der Waals surface area (Å²) < 4.78 is 11.1.